The Balaban J connectivity index is 1.62. The molecule has 0 aliphatic rings. The predicted octanol–water partition coefficient (Wildman–Crippen LogP) is 4.43. The molecule has 2 N–H and O–H groups in total. The van der Waals surface area contributed by atoms with Crippen molar-refractivity contribution in [2.24, 2.45) is 0 Å². The van der Waals surface area contributed by atoms with Crippen molar-refractivity contribution in [3.05, 3.63) is 83.4 Å². The van der Waals surface area contributed by atoms with Crippen LogP contribution in [-0.4, -0.2) is 20.9 Å². The first-order chi connectivity index (χ1) is 14.2. The number of hydrogen-bond acceptors (Lipinski definition) is 4. The van der Waals surface area contributed by atoms with Gasteiger partial charge in [0, 0.05) is 11.4 Å². The molecule has 6 nitrogen and oxygen atoms in total. The van der Waals surface area contributed by atoms with Crippen LogP contribution in [0.2, 0.25) is 0 Å². The Kier molecular flexibility index (Phi) is 6.42. The van der Waals surface area contributed by atoms with E-state index in [9.17, 15) is 13.2 Å². The van der Waals surface area contributed by atoms with Crippen LogP contribution in [0.25, 0.3) is 0 Å². The zero-order valence-corrected chi connectivity index (χ0v) is 17.9. The Bertz CT molecular complexity index is 1140. The second kappa shape index (κ2) is 9.00. The van der Waals surface area contributed by atoms with Gasteiger partial charge in [0.25, 0.3) is 15.9 Å². The van der Waals surface area contributed by atoms with E-state index in [4.69, 9.17) is 4.74 Å². The van der Waals surface area contributed by atoms with Crippen LogP contribution in [0.4, 0.5) is 11.4 Å². The quantitative estimate of drug-likeness (QED) is 0.588. The molecule has 1 amide bonds. The lowest BCUT2D eigenvalue weighted by molar-refractivity contribution is -0.118. The lowest BCUT2D eigenvalue weighted by Gasteiger charge is -2.11. The number of amides is 1. The van der Waals surface area contributed by atoms with Crippen LogP contribution in [0.15, 0.2) is 71.6 Å². The van der Waals surface area contributed by atoms with E-state index in [-0.39, 0.29) is 17.4 Å². The number of hydrogen-bond donors (Lipinski definition) is 2. The molecule has 0 atom stereocenters. The van der Waals surface area contributed by atoms with Crippen LogP contribution in [0.3, 0.4) is 0 Å². The number of anilines is 2. The summed E-state index contributed by atoms with van der Waals surface area (Å²) in [4.78, 5) is 12.2. The number of carbonyl (C=O) groups is 1. The van der Waals surface area contributed by atoms with E-state index in [1.54, 1.807) is 30.3 Å². The second-order valence-corrected chi connectivity index (χ2v) is 8.79. The van der Waals surface area contributed by atoms with Crippen molar-refractivity contribution in [1.82, 2.24) is 0 Å². The summed E-state index contributed by atoms with van der Waals surface area (Å²) in [5, 5.41) is 2.70. The molecule has 7 heteroatoms. The largest absolute Gasteiger partial charge is 0.483 e. The highest BCUT2D eigenvalue weighted by Crippen LogP contribution is 2.21. The van der Waals surface area contributed by atoms with Gasteiger partial charge < -0.3 is 10.1 Å². The van der Waals surface area contributed by atoms with Crippen LogP contribution in [0, 0.1) is 20.8 Å². The molecular formula is C23H24N2O4S. The average Bonchev–Trinajstić information content (AvgIpc) is 2.66. The van der Waals surface area contributed by atoms with E-state index in [1.165, 1.54) is 12.1 Å². The average molecular weight is 425 g/mol. The van der Waals surface area contributed by atoms with Gasteiger partial charge in [0.05, 0.1) is 4.90 Å². The normalized spacial score (nSPS) is 11.0. The van der Waals surface area contributed by atoms with Gasteiger partial charge in [-0.3, -0.25) is 9.52 Å². The zero-order chi connectivity index (χ0) is 21.7. The molecule has 3 rings (SSSR count). The fourth-order valence-corrected chi connectivity index (χ4v) is 4.06. The third-order valence-electron chi connectivity index (χ3n) is 4.37. The van der Waals surface area contributed by atoms with E-state index < -0.39 is 10.0 Å². The number of carbonyl (C=O) groups excluding carboxylic acids is 1. The topological polar surface area (TPSA) is 84.5 Å². The number of para-hydroxylation sites is 1. The maximum absolute atomic E-state index is 12.6. The van der Waals surface area contributed by atoms with Crippen molar-refractivity contribution in [3.63, 3.8) is 0 Å². The highest BCUT2D eigenvalue weighted by atomic mass is 32.2. The summed E-state index contributed by atoms with van der Waals surface area (Å²) in [6.07, 6.45) is 0. The van der Waals surface area contributed by atoms with Crippen molar-refractivity contribution in [2.45, 2.75) is 25.7 Å². The molecule has 0 saturated carbocycles. The second-order valence-electron chi connectivity index (χ2n) is 7.11. The van der Waals surface area contributed by atoms with E-state index in [2.05, 4.69) is 10.0 Å². The number of aryl methyl sites for hydroxylation is 3. The summed E-state index contributed by atoms with van der Waals surface area (Å²) < 4.78 is 33.4. The summed E-state index contributed by atoms with van der Waals surface area (Å²) >= 11 is 0. The molecule has 0 aliphatic heterocycles. The van der Waals surface area contributed by atoms with Crippen molar-refractivity contribution < 1.29 is 17.9 Å². The summed E-state index contributed by atoms with van der Waals surface area (Å²) in [6, 6.07) is 18.9. The number of sulfonamides is 1. The summed E-state index contributed by atoms with van der Waals surface area (Å²) in [7, 11) is -3.73. The predicted molar refractivity (Wildman–Crippen MR) is 118 cm³/mol. The van der Waals surface area contributed by atoms with Crippen LogP contribution in [-0.2, 0) is 14.8 Å². The van der Waals surface area contributed by atoms with Gasteiger partial charge in [-0.1, -0.05) is 24.3 Å². The van der Waals surface area contributed by atoms with Gasteiger partial charge in [-0.2, -0.15) is 0 Å². The van der Waals surface area contributed by atoms with Gasteiger partial charge in [-0.05, 0) is 79.9 Å². The first-order valence-corrected chi connectivity index (χ1v) is 10.9. The van der Waals surface area contributed by atoms with Crippen LogP contribution in [0.5, 0.6) is 5.75 Å². The number of nitrogens with one attached hydrogen (secondary N) is 2. The molecule has 0 bridgehead atoms. The van der Waals surface area contributed by atoms with Gasteiger partial charge in [0.15, 0.2) is 6.61 Å². The lowest BCUT2D eigenvalue weighted by Crippen LogP contribution is -2.20. The molecule has 0 aliphatic carbocycles. The fourth-order valence-electron chi connectivity index (χ4n) is 3.02. The van der Waals surface area contributed by atoms with E-state index in [0.29, 0.717) is 17.1 Å². The Hall–Kier alpha value is -3.32. The molecule has 30 heavy (non-hydrogen) atoms. The van der Waals surface area contributed by atoms with E-state index in [0.717, 1.165) is 16.7 Å². The van der Waals surface area contributed by atoms with Crippen molar-refractivity contribution in [1.29, 1.82) is 0 Å². The molecular weight excluding hydrogens is 400 g/mol. The summed E-state index contributed by atoms with van der Waals surface area (Å²) in [5.74, 6) is 0.314. The Labute approximate surface area is 177 Å². The minimum absolute atomic E-state index is 0.107. The highest BCUT2D eigenvalue weighted by molar-refractivity contribution is 7.92. The molecule has 0 fully saturated rings. The fraction of sp³-hybridized carbons (Fsp3) is 0.174. The first kappa shape index (κ1) is 21.4. The Morgan fingerprint density at radius 2 is 1.50 bits per heavy atom. The SMILES string of the molecule is Cc1cc(C)cc(NS(=O)(=O)c2ccc(NC(=O)COc3ccccc3C)cc2)c1. The molecule has 3 aromatic carbocycles. The standard InChI is InChI=1S/C23H24N2O4S/c1-16-12-17(2)14-20(13-16)25-30(27,28)21-10-8-19(9-11-21)24-23(26)15-29-22-7-5-4-6-18(22)3/h4-14,25H,15H2,1-3H3,(H,24,26). The van der Waals surface area contributed by atoms with Gasteiger partial charge in [-0.25, -0.2) is 8.42 Å². The lowest BCUT2D eigenvalue weighted by atomic mass is 10.1. The van der Waals surface area contributed by atoms with Gasteiger partial charge >= 0.3 is 0 Å². The minimum Gasteiger partial charge on any atom is -0.483 e. The van der Waals surface area contributed by atoms with Gasteiger partial charge in [0.2, 0.25) is 0 Å². The number of rotatable bonds is 7. The minimum atomic E-state index is -3.73. The molecule has 0 saturated heterocycles. The molecule has 156 valence electrons. The molecule has 0 unspecified atom stereocenters. The number of benzene rings is 3. The summed E-state index contributed by atoms with van der Waals surface area (Å²) in [6.45, 7) is 5.58. The van der Waals surface area contributed by atoms with Gasteiger partial charge in [0.1, 0.15) is 5.75 Å². The molecule has 0 radical (unpaired) electrons. The maximum atomic E-state index is 12.6. The molecule has 3 aromatic rings. The van der Waals surface area contributed by atoms with Crippen molar-refractivity contribution in [3.8, 4) is 5.75 Å². The van der Waals surface area contributed by atoms with Crippen molar-refractivity contribution in [2.75, 3.05) is 16.6 Å². The summed E-state index contributed by atoms with van der Waals surface area (Å²) in [5.41, 5.74) is 3.88. The van der Waals surface area contributed by atoms with E-state index in [1.807, 2.05) is 45.0 Å². The smallest absolute Gasteiger partial charge is 0.262 e. The van der Waals surface area contributed by atoms with Gasteiger partial charge in [-0.15, -0.1) is 0 Å². The maximum Gasteiger partial charge on any atom is 0.262 e. The van der Waals surface area contributed by atoms with Crippen LogP contribution >= 0.6 is 0 Å². The van der Waals surface area contributed by atoms with Crippen molar-refractivity contribution >= 4 is 27.3 Å². The highest BCUT2D eigenvalue weighted by Gasteiger charge is 2.15. The van der Waals surface area contributed by atoms with Crippen LogP contribution in [0.1, 0.15) is 16.7 Å². The third kappa shape index (κ3) is 5.61. The monoisotopic (exact) mass is 424 g/mol. The van der Waals surface area contributed by atoms with E-state index >= 15 is 0 Å². The zero-order valence-electron chi connectivity index (χ0n) is 17.1. The van der Waals surface area contributed by atoms with Crippen LogP contribution < -0.4 is 14.8 Å². The Morgan fingerprint density at radius 3 is 2.13 bits per heavy atom. The molecule has 0 spiro atoms. The molecule has 0 aromatic heterocycles. The molecule has 0 heterocycles. The Morgan fingerprint density at radius 1 is 0.867 bits per heavy atom. The third-order valence-corrected chi connectivity index (χ3v) is 5.77. The first-order valence-electron chi connectivity index (χ1n) is 9.42. The number of ether oxygens (including phenoxy) is 1.